The molecule has 0 bridgehead atoms. The second-order valence-corrected chi connectivity index (χ2v) is 4.81. The lowest BCUT2D eigenvalue weighted by molar-refractivity contribution is 0.484. The van der Waals surface area contributed by atoms with E-state index in [1.807, 2.05) is 0 Å². The summed E-state index contributed by atoms with van der Waals surface area (Å²) in [4.78, 5) is 4.66. The topological polar surface area (TPSA) is 29.9 Å². The van der Waals surface area contributed by atoms with Gasteiger partial charge >= 0.3 is 0 Å². The lowest BCUT2D eigenvalue weighted by atomic mass is 10.1. The van der Waals surface area contributed by atoms with Crippen LogP contribution in [0.4, 0.5) is 0 Å². The number of hydrogen-bond donors (Lipinski definition) is 1. The molecule has 0 radical (unpaired) electrons. The molecule has 0 atom stereocenters. The van der Waals surface area contributed by atoms with Gasteiger partial charge in [0.15, 0.2) is 0 Å². The monoisotopic (exact) mass is 191 g/mol. The lowest BCUT2D eigenvalue weighted by Gasteiger charge is -2.20. The number of aryl methyl sites for hydroxylation is 1. The maximum Gasteiger partial charge on any atom is 0.106 e. The Morgan fingerprint density at radius 1 is 1.43 bits per heavy atom. The highest BCUT2D eigenvalue weighted by atomic mass is 15.2. The number of aromatic nitrogens is 2. The molecule has 2 heterocycles. The zero-order valence-corrected chi connectivity index (χ0v) is 8.93. The molecule has 0 unspecified atom stereocenters. The first-order chi connectivity index (χ1) is 6.71. The van der Waals surface area contributed by atoms with Crippen molar-refractivity contribution in [1.82, 2.24) is 14.9 Å². The molecule has 1 aromatic rings. The van der Waals surface area contributed by atoms with Crippen molar-refractivity contribution in [3.05, 3.63) is 17.2 Å². The van der Waals surface area contributed by atoms with E-state index in [1.165, 1.54) is 30.1 Å². The summed E-state index contributed by atoms with van der Waals surface area (Å²) in [5.74, 6) is 1.21. The Labute approximate surface area is 84.5 Å². The fourth-order valence-electron chi connectivity index (χ4n) is 2.57. The van der Waals surface area contributed by atoms with Crippen LogP contribution in [0.25, 0.3) is 0 Å². The molecule has 0 amide bonds. The average Bonchev–Trinajstić information content (AvgIpc) is 2.79. The molecule has 76 valence electrons. The zero-order valence-electron chi connectivity index (χ0n) is 8.93. The van der Waals surface area contributed by atoms with Crippen molar-refractivity contribution in [2.75, 3.05) is 6.54 Å². The summed E-state index contributed by atoms with van der Waals surface area (Å²) >= 11 is 0. The third-order valence-corrected chi connectivity index (χ3v) is 3.57. The minimum Gasteiger partial charge on any atom is -0.326 e. The zero-order chi connectivity index (χ0) is 9.76. The molecule has 0 aromatic carbocycles. The second-order valence-electron chi connectivity index (χ2n) is 4.81. The third-order valence-electron chi connectivity index (χ3n) is 3.57. The molecule has 1 N–H and O–H groups in total. The molecule has 1 saturated carbocycles. The van der Waals surface area contributed by atoms with Gasteiger partial charge in [0.1, 0.15) is 5.82 Å². The largest absolute Gasteiger partial charge is 0.326 e. The van der Waals surface area contributed by atoms with Crippen LogP contribution in [0.3, 0.4) is 0 Å². The predicted molar refractivity (Wildman–Crippen MR) is 55.3 cm³/mol. The molecule has 1 aliphatic carbocycles. The normalized spacial score (nSPS) is 23.3. The average molecular weight is 191 g/mol. The first-order valence-electron chi connectivity index (χ1n) is 5.49. The van der Waals surface area contributed by atoms with Crippen LogP contribution in [0, 0.1) is 6.92 Å². The molecule has 0 saturated heterocycles. The van der Waals surface area contributed by atoms with Crippen molar-refractivity contribution < 1.29 is 0 Å². The van der Waals surface area contributed by atoms with Crippen LogP contribution in [0.2, 0.25) is 0 Å². The molecule has 3 nitrogen and oxygen atoms in total. The summed E-state index contributed by atoms with van der Waals surface area (Å²) in [6, 6.07) is 0. The second kappa shape index (κ2) is 2.60. The van der Waals surface area contributed by atoms with Crippen molar-refractivity contribution >= 4 is 0 Å². The van der Waals surface area contributed by atoms with Gasteiger partial charge in [-0.15, -0.1) is 0 Å². The SMILES string of the molecule is Cc1nc2c(n1C1(C)CC1)CCNC2. The maximum atomic E-state index is 4.66. The van der Waals surface area contributed by atoms with Gasteiger partial charge in [-0.05, 0) is 26.7 Å². The third kappa shape index (κ3) is 1.05. The van der Waals surface area contributed by atoms with Crippen LogP contribution < -0.4 is 5.32 Å². The van der Waals surface area contributed by atoms with Gasteiger partial charge in [-0.3, -0.25) is 0 Å². The van der Waals surface area contributed by atoms with Gasteiger partial charge < -0.3 is 9.88 Å². The first kappa shape index (κ1) is 8.48. The smallest absolute Gasteiger partial charge is 0.106 e. The molecule has 3 heteroatoms. The van der Waals surface area contributed by atoms with Crippen molar-refractivity contribution in [2.24, 2.45) is 0 Å². The number of nitrogens with zero attached hydrogens (tertiary/aromatic N) is 2. The van der Waals surface area contributed by atoms with Crippen molar-refractivity contribution in [3.8, 4) is 0 Å². The number of hydrogen-bond acceptors (Lipinski definition) is 2. The molecule has 2 aliphatic rings. The van der Waals surface area contributed by atoms with E-state index in [4.69, 9.17) is 0 Å². The number of fused-ring (bicyclic) bond motifs is 1. The Hall–Kier alpha value is -0.830. The molecule has 0 spiro atoms. The predicted octanol–water partition coefficient (Wildman–Crippen LogP) is 1.35. The van der Waals surface area contributed by atoms with Gasteiger partial charge in [0, 0.05) is 30.7 Å². The molecule has 3 rings (SSSR count). The molecule has 1 aromatic heterocycles. The maximum absolute atomic E-state index is 4.66. The van der Waals surface area contributed by atoms with Gasteiger partial charge in [-0.25, -0.2) is 4.98 Å². The van der Waals surface area contributed by atoms with E-state index in [1.54, 1.807) is 0 Å². The van der Waals surface area contributed by atoms with E-state index in [9.17, 15) is 0 Å². The summed E-state index contributed by atoms with van der Waals surface area (Å²) in [6.45, 7) is 6.55. The van der Waals surface area contributed by atoms with Gasteiger partial charge in [-0.2, -0.15) is 0 Å². The van der Waals surface area contributed by atoms with E-state index in [2.05, 4.69) is 28.7 Å². The van der Waals surface area contributed by atoms with Gasteiger partial charge in [0.25, 0.3) is 0 Å². The minimum atomic E-state index is 0.405. The summed E-state index contributed by atoms with van der Waals surface area (Å²) in [5.41, 5.74) is 3.17. The van der Waals surface area contributed by atoms with Crippen molar-refractivity contribution in [3.63, 3.8) is 0 Å². The van der Waals surface area contributed by atoms with Crippen LogP contribution in [-0.4, -0.2) is 16.1 Å². The summed E-state index contributed by atoms with van der Waals surface area (Å²) in [7, 11) is 0. The summed E-state index contributed by atoms with van der Waals surface area (Å²) in [6.07, 6.45) is 3.79. The molecule has 1 aliphatic heterocycles. The van der Waals surface area contributed by atoms with E-state index >= 15 is 0 Å². The Morgan fingerprint density at radius 3 is 2.93 bits per heavy atom. The summed E-state index contributed by atoms with van der Waals surface area (Å²) in [5, 5.41) is 3.38. The lowest BCUT2D eigenvalue weighted by Crippen LogP contribution is -2.27. The van der Waals surface area contributed by atoms with Crippen LogP contribution in [-0.2, 0) is 18.5 Å². The highest BCUT2D eigenvalue weighted by Crippen LogP contribution is 2.45. The van der Waals surface area contributed by atoms with E-state index in [-0.39, 0.29) is 0 Å². The standard InChI is InChI=1S/C11H17N3/c1-8-13-9-7-12-6-3-10(9)14(8)11(2)4-5-11/h12H,3-7H2,1-2H3. The number of rotatable bonds is 1. The van der Waals surface area contributed by atoms with Crippen molar-refractivity contribution in [1.29, 1.82) is 0 Å². The van der Waals surface area contributed by atoms with Crippen molar-refractivity contribution in [2.45, 2.75) is 45.2 Å². The van der Waals surface area contributed by atoms with Crippen LogP contribution >= 0.6 is 0 Å². The first-order valence-corrected chi connectivity index (χ1v) is 5.49. The highest BCUT2D eigenvalue weighted by Gasteiger charge is 2.42. The van der Waals surface area contributed by atoms with Gasteiger partial charge in [0.2, 0.25) is 0 Å². The minimum absolute atomic E-state index is 0.405. The Bertz CT molecular complexity index is 374. The number of nitrogens with one attached hydrogen (secondary N) is 1. The van der Waals surface area contributed by atoms with Crippen LogP contribution in [0.1, 0.15) is 37.0 Å². The summed E-state index contributed by atoms with van der Waals surface area (Å²) < 4.78 is 2.49. The Morgan fingerprint density at radius 2 is 2.21 bits per heavy atom. The molecular weight excluding hydrogens is 174 g/mol. The van der Waals surface area contributed by atoms with E-state index in [0.717, 1.165) is 19.5 Å². The van der Waals surface area contributed by atoms with Crippen LogP contribution in [0.15, 0.2) is 0 Å². The fourth-order valence-corrected chi connectivity index (χ4v) is 2.57. The van der Waals surface area contributed by atoms with E-state index < -0.39 is 0 Å². The van der Waals surface area contributed by atoms with Gasteiger partial charge in [0.05, 0.1) is 5.69 Å². The Kier molecular flexibility index (Phi) is 1.57. The van der Waals surface area contributed by atoms with Crippen LogP contribution in [0.5, 0.6) is 0 Å². The molecular formula is C11H17N3. The van der Waals surface area contributed by atoms with E-state index in [0.29, 0.717) is 5.54 Å². The van der Waals surface area contributed by atoms with Gasteiger partial charge in [-0.1, -0.05) is 0 Å². The molecule has 14 heavy (non-hydrogen) atoms. The Balaban J connectivity index is 2.13. The fraction of sp³-hybridized carbons (Fsp3) is 0.727. The number of imidazole rings is 1. The quantitative estimate of drug-likeness (QED) is 0.726. The molecule has 1 fully saturated rings. The highest BCUT2D eigenvalue weighted by molar-refractivity contribution is 5.24.